The van der Waals surface area contributed by atoms with Crippen LogP contribution < -0.4 is 11.1 Å². The van der Waals surface area contributed by atoms with Crippen molar-refractivity contribution in [2.75, 3.05) is 0 Å². The van der Waals surface area contributed by atoms with E-state index in [0.29, 0.717) is 12.1 Å². The predicted octanol–water partition coefficient (Wildman–Crippen LogP) is 1.92. The van der Waals surface area contributed by atoms with E-state index in [4.69, 9.17) is 5.73 Å². The third-order valence-corrected chi connectivity index (χ3v) is 4.43. The van der Waals surface area contributed by atoms with Crippen LogP contribution in [0.5, 0.6) is 0 Å². The SMILES string of the molecule is C=C(C(N)=O)C(Cc1ccccc1)NC(=O)c1nsnc1-c1cc[nH]c1. The number of nitrogens with zero attached hydrogens (tertiary/aromatic N) is 2. The summed E-state index contributed by atoms with van der Waals surface area (Å²) < 4.78 is 8.28. The first-order valence-electron chi connectivity index (χ1n) is 7.85. The fourth-order valence-electron chi connectivity index (χ4n) is 2.51. The molecule has 0 aliphatic rings. The number of H-pyrrole nitrogens is 1. The highest BCUT2D eigenvalue weighted by atomic mass is 32.1. The van der Waals surface area contributed by atoms with E-state index in [-0.39, 0.29) is 11.3 Å². The normalized spacial score (nSPS) is 11.7. The van der Waals surface area contributed by atoms with Gasteiger partial charge in [-0.05, 0) is 18.1 Å². The standard InChI is InChI=1S/C18H17N5O2S/c1-11(17(19)24)14(9-12-5-3-2-4-6-12)21-18(25)16-15(22-26-23-16)13-7-8-20-10-13/h2-8,10,14,20H,1,9H2,(H2,19,24)(H,21,25). The van der Waals surface area contributed by atoms with Gasteiger partial charge in [-0.2, -0.15) is 8.75 Å². The summed E-state index contributed by atoms with van der Waals surface area (Å²) in [5.74, 6) is -1.09. The number of hydrogen-bond donors (Lipinski definition) is 3. The van der Waals surface area contributed by atoms with Crippen molar-refractivity contribution in [1.29, 1.82) is 0 Å². The van der Waals surface area contributed by atoms with Gasteiger partial charge in [0.1, 0.15) is 5.69 Å². The molecule has 0 spiro atoms. The highest BCUT2D eigenvalue weighted by Gasteiger charge is 2.24. The summed E-state index contributed by atoms with van der Waals surface area (Å²) in [6, 6.07) is 10.6. The van der Waals surface area contributed by atoms with Crippen LogP contribution in [0.25, 0.3) is 11.3 Å². The van der Waals surface area contributed by atoms with E-state index in [1.807, 2.05) is 30.3 Å². The molecule has 0 aliphatic heterocycles. The van der Waals surface area contributed by atoms with Crippen molar-refractivity contribution in [2.24, 2.45) is 5.73 Å². The highest BCUT2D eigenvalue weighted by molar-refractivity contribution is 6.99. The van der Waals surface area contributed by atoms with Crippen molar-refractivity contribution < 1.29 is 9.59 Å². The van der Waals surface area contributed by atoms with Gasteiger partial charge in [0.15, 0.2) is 5.69 Å². The molecule has 2 amide bonds. The molecule has 2 heterocycles. The second-order valence-electron chi connectivity index (χ2n) is 5.67. The van der Waals surface area contributed by atoms with Gasteiger partial charge in [0.2, 0.25) is 5.91 Å². The maximum absolute atomic E-state index is 12.7. The van der Waals surface area contributed by atoms with Crippen LogP contribution in [0.2, 0.25) is 0 Å². The highest BCUT2D eigenvalue weighted by Crippen LogP contribution is 2.21. The van der Waals surface area contributed by atoms with Crippen molar-refractivity contribution in [3.8, 4) is 11.3 Å². The predicted molar refractivity (Wildman–Crippen MR) is 99.4 cm³/mol. The molecule has 8 heteroatoms. The van der Waals surface area contributed by atoms with Gasteiger partial charge in [0.25, 0.3) is 5.91 Å². The number of hydrogen-bond acceptors (Lipinski definition) is 5. The molecule has 1 unspecified atom stereocenters. The van der Waals surface area contributed by atoms with E-state index < -0.39 is 17.9 Å². The Balaban J connectivity index is 1.83. The summed E-state index contributed by atoms with van der Waals surface area (Å²) in [4.78, 5) is 27.3. The third kappa shape index (κ3) is 3.86. The molecule has 7 nitrogen and oxygen atoms in total. The lowest BCUT2D eigenvalue weighted by atomic mass is 9.99. The first kappa shape index (κ1) is 17.6. The monoisotopic (exact) mass is 367 g/mol. The minimum absolute atomic E-state index is 0.133. The molecule has 1 atom stereocenters. The van der Waals surface area contributed by atoms with Crippen LogP contribution in [0, 0.1) is 0 Å². The topological polar surface area (TPSA) is 114 Å². The Morgan fingerprint density at radius 1 is 1.23 bits per heavy atom. The summed E-state index contributed by atoms with van der Waals surface area (Å²) in [6.45, 7) is 3.73. The molecule has 4 N–H and O–H groups in total. The van der Waals surface area contributed by atoms with E-state index in [0.717, 1.165) is 22.9 Å². The van der Waals surface area contributed by atoms with Crippen LogP contribution in [0.1, 0.15) is 16.1 Å². The molecular weight excluding hydrogens is 350 g/mol. The molecule has 0 aliphatic carbocycles. The van der Waals surface area contributed by atoms with E-state index in [9.17, 15) is 9.59 Å². The zero-order valence-corrected chi connectivity index (χ0v) is 14.6. The number of nitrogens with one attached hydrogen (secondary N) is 2. The first-order chi connectivity index (χ1) is 12.6. The molecule has 0 saturated carbocycles. The average molecular weight is 367 g/mol. The van der Waals surface area contributed by atoms with E-state index in [2.05, 4.69) is 25.6 Å². The molecule has 0 radical (unpaired) electrons. The molecular formula is C18H17N5O2S. The maximum Gasteiger partial charge on any atom is 0.273 e. The maximum atomic E-state index is 12.7. The zero-order chi connectivity index (χ0) is 18.5. The van der Waals surface area contributed by atoms with Crippen molar-refractivity contribution in [2.45, 2.75) is 12.5 Å². The average Bonchev–Trinajstić information content (AvgIpc) is 3.32. The largest absolute Gasteiger partial charge is 0.367 e. The van der Waals surface area contributed by atoms with Gasteiger partial charge in [0, 0.05) is 23.5 Å². The van der Waals surface area contributed by atoms with Crippen molar-refractivity contribution in [1.82, 2.24) is 19.0 Å². The third-order valence-electron chi connectivity index (χ3n) is 3.90. The zero-order valence-electron chi connectivity index (χ0n) is 13.8. The lowest BCUT2D eigenvalue weighted by Crippen LogP contribution is -2.41. The fraction of sp³-hybridized carbons (Fsp3) is 0.111. The number of amides is 2. The fourth-order valence-corrected chi connectivity index (χ4v) is 3.07. The molecule has 2 aromatic heterocycles. The number of aromatic nitrogens is 3. The first-order valence-corrected chi connectivity index (χ1v) is 8.58. The number of primary amides is 1. The Morgan fingerprint density at radius 2 is 2.00 bits per heavy atom. The Kier molecular flexibility index (Phi) is 5.23. The summed E-state index contributed by atoms with van der Waals surface area (Å²) in [7, 11) is 0. The molecule has 0 saturated heterocycles. The van der Waals surface area contributed by atoms with Gasteiger partial charge in [-0.1, -0.05) is 36.9 Å². The molecule has 0 bridgehead atoms. The van der Waals surface area contributed by atoms with Gasteiger partial charge < -0.3 is 16.0 Å². The van der Waals surface area contributed by atoms with Crippen LogP contribution in [-0.2, 0) is 11.2 Å². The Hall–Kier alpha value is -3.26. The summed E-state index contributed by atoms with van der Waals surface area (Å²) in [6.07, 6.45) is 3.87. The Morgan fingerprint density at radius 3 is 2.65 bits per heavy atom. The van der Waals surface area contributed by atoms with Crippen LogP contribution in [0.4, 0.5) is 0 Å². The van der Waals surface area contributed by atoms with Gasteiger partial charge in [-0.15, -0.1) is 0 Å². The lowest BCUT2D eigenvalue weighted by Gasteiger charge is -2.19. The minimum Gasteiger partial charge on any atom is -0.367 e. The molecule has 26 heavy (non-hydrogen) atoms. The van der Waals surface area contributed by atoms with Gasteiger partial charge in [-0.3, -0.25) is 9.59 Å². The minimum atomic E-state index is -0.659. The summed E-state index contributed by atoms with van der Waals surface area (Å²) in [5.41, 5.74) is 7.90. The van der Waals surface area contributed by atoms with Crippen LogP contribution in [-0.4, -0.2) is 31.6 Å². The number of rotatable bonds is 7. The van der Waals surface area contributed by atoms with E-state index in [1.54, 1.807) is 18.5 Å². The van der Waals surface area contributed by atoms with Crippen LogP contribution in [0.3, 0.4) is 0 Å². The quantitative estimate of drug-likeness (QED) is 0.554. The molecule has 3 aromatic rings. The van der Waals surface area contributed by atoms with Crippen LogP contribution >= 0.6 is 11.7 Å². The molecule has 3 rings (SSSR count). The van der Waals surface area contributed by atoms with Crippen molar-refractivity contribution in [3.05, 3.63) is 72.2 Å². The Bertz CT molecular complexity index is 918. The van der Waals surface area contributed by atoms with Crippen LogP contribution in [0.15, 0.2) is 60.9 Å². The van der Waals surface area contributed by atoms with Gasteiger partial charge in [-0.25, -0.2) is 0 Å². The second-order valence-corrected chi connectivity index (χ2v) is 6.19. The number of aromatic amines is 1. The molecule has 132 valence electrons. The summed E-state index contributed by atoms with van der Waals surface area (Å²) >= 11 is 0.950. The number of carbonyl (C=O) groups is 2. The lowest BCUT2D eigenvalue weighted by molar-refractivity contribution is -0.114. The number of benzene rings is 1. The van der Waals surface area contributed by atoms with Crippen molar-refractivity contribution >= 4 is 23.5 Å². The number of nitrogens with two attached hydrogens (primary N) is 1. The summed E-state index contributed by atoms with van der Waals surface area (Å²) in [5, 5.41) is 2.81. The van der Waals surface area contributed by atoms with Gasteiger partial charge in [0.05, 0.1) is 17.8 Å². The van der Waals surface area contributed by atoms with E-state index >= 15 is 0 Å². The second kappa shape index (κ2) is 7.75. The Labute approximate surface area is 154 Å². The molecule has 0 fully saturated rings. The number of carbonyl (C=O) groups excluding carboxylic acids is 2. The van der Waals surface area contributed by atoms with Crippen molar-refractivity contribution in [3.63, 3.8) is 0 Å². The molecule has 1 aromatic carbocycles. The van der Waals surface area contributed by atoms with Gasteiger partial charge >= 0.3 is 0 Å². The smallest absolute Gasteiger partial charge is 0.273 e. The van der Waals surface area contributed by atoms with E-state index in [1.165, 1.54) is 0 Å².